The van der Waals surface area contributed by atoms with Gasteiger partial charge < -0.3 is 24.3 Å². The Morgan fingerprint density at radius 2 is 1.48 bits per heavy atom. The number of alkyl carbamates (subject to hydrolysis) is 1. The van der Waals surface area contributed by atoms with Gasteiger partial charge in [0.05, 0.1) is 49.6 Å². The molecule has 7 nitrogen and oxygen atoms in total. The summed E-state index contributed by atoms with van der Waals surface area (Å²) >= 11 is 0. The number of carbonyl (C=O) groups is 2. The summed E-state index contributed by atoms with van der Waals surface area (Å²) in [5.74, 6) is -0.0339. The lowest BCUT2D eigenvalue weighted by molar-refractivity contribution is -0.149. The summed E-state index contributed by atoms with van der Waals surface area (Å²) in [6.07, 6.45) is 6.99. The lowest BCUT2D eigenvalue weighted by atomic mass is 9.89. The minimum Gasteiger partial charge on any atom is -0.466 e. The van der Waals surface area contributed by atoms with Crippen LogP contribution >= 0.6 is 27.0 Å². The van der Waals surface area contributed by atoms with Crippen LogP contribution < -0.4 is 5.32 Å². The first kappa shape index (κ1) is 24.4. The summed E-state index contributed by atoms with van der Waals surface area (Å²) in [4.78, 5) is 22.4. The molecular formula is C18H33NO6S2. The van der Waals surface area contributed by atoms with Crippen LogP contribution in [0, 0.1) is 5.92 Å². The van der Waals surface area contributed by atoms with Crippen LogP contribution in [0.15, 0.2) is 0 Å². The summed E-state index contributed by atoms with van der Waals surface area (Å²) in [5.41, 5.74) is 0. The predicted octanol–water partition coefficient (Wildman–Crippen LogP) is 2.40. The molecule has 9 heteroatoms. The molecule has 1 N–H and O–H groups in total. The standard InChI is InChI=1S/C9H15NO3.C9H14O3.2H2S/c1-2-12-9(11)10-7-5-6-3-4-8(7)13-6;1-2-11-9(10)7-5-6-3-4-8(7)12-6;;/h6-8H,2-5H2,1H3,(H,10,11);6-8H,2-5H2,1H3;2*1H2/t2*6-,7-,8+;;/m00../s1. The van der Waals surface area contributed by atoms with Crippen LogP contribution in [0.25, 0.3) is 0 Å². The maximum atomic E-state index is 11.3. The molecule has 4 rings (SSSR count). The highest BCUT2D eigenvalue weighted by atomic mass is 32.1. The van der Waals surface area contributed by atoms with Crippen LogP contribution in [0.1, 0.15) is 52.4 Å². The maximum absolute atomic E-state index is 11.3. The van der Waals surface area contributed by atoms with Crippen LogP contribution in [-0.4, -0.2) is 55.7 Å². The van der Waals surface area contributed by atoms with Crippen molar-refractivity contribution in [1.29, 1.82) is 0 Å². The Balaban J connectivity index is 0.000000252. The zero-order chi connectivity index (χ0) is 17.8. The fraction of sp³-hybridized carbons (Fsp3) is 0.889. The Hall–Kier alpha value is -0.640. The molecule has 0 saturated carbocycles. The lowest BCUT2D eigenvalue weighted by Gasteiger charge is -2.19. The quantitative estimate of drug-likeness (QED) is 0.699. The van der Waals surface area contributed by atoms with Gasteiger partial charge in [-0.25, -0.2) is 4.79 Å². The van der Waals surface area contributed by atoms with E-state index in [-0.39, 0.29) is 63.2 Å². The van der Waals surface area contributed by atoms with Gasteiger partial charge in [0, 0.05) is 0 Å². The Kier molecular flexibility index (Phi) is 10.3. The molecular weight excluding hydrogens is 390 g/mol. The number of rotatable bonds is 4. The molecule has 4 aliphatic rings. The number of ether oxygens (including phenoxy) is 4. The third-order valence-electron chi connectivity index (χ3n) is 5.38. The average molecular weight is 424 g/mol. The van der Waals surface area contributed by atoms with E-state index in [1.807, 2.05) is 6.92 Å². The number of hydrogen-bond acceptors (Lipinski definition) is 6. The highest BCUT2D eigenvalue weighted by Crippen LogP contribution is 2.39. The van der Waals surface area contributed by atoms with Crippen molar-refractivity contribution in [2.45, 2.75) is 82.8 Å². The molecule has 0 unspecified atom stereocenters. The molecule has 4 heterocycles. The lowest BCUT2D eigenvalue weighted by Crippen LogP contribution is -2.41. The van der Waals surface area contributed by atoms with E-state index in [2.05, 4.69) is 5.32 Å². The molecule has 4 bridgehead atoms. The van der Waals surface area contributed by atoms with Crippen molar-refractivity contribution in [3.63, 3.8) is 0 Å². The highest BCUT2D eigenvalue weighted by molar-refractivity contribution is 7.59. The van der Waals surface area contributed by atoms with Crippen molar-refractivity contribution in [2.24, 2.45) is 5.92 Å². The zero-order valence-corrected chi connectivity index (χ0v) is 18.1. The summed E-state index contributed by atoms with van der Waals surface area (Å²) in [5, 5.41) is 2.83. The van der Waals surface area contributed by atoms with E-state index in [1.54, 1.807) is 6.92 Å². The molecule has 4 aliphatic heterocycles. The zero-order valence-electron chi connectivity index (χ0n) is 16.1. The number of amides is 1. The Morgan fingerprint density at radius 1 is 0.889 bits per heavy atom. The fourth-order valence-electron chi connectivity index (χ4n) is 4.25. The van der Waals surface area contributed by atoms with E-state index in [0.717, 1.165) is 38.5 Å². The number of carbonyl (C=O) groups excluding carboxylic acids is 2. The van der Waals surface area contributed by atoms with Gasteiger partial charge in [-0.2, -0.15) is 27.0 Å². The minimum atomic E-state index is -0.316. The molecule has 4 fully saturated rings. The van der Waals surface area contributed by atoms with E-state index in [9.17, 15) is 9.59 Å². The largest absolute Gasteiger partial charge is 0.466 e. The summed E-state index contributed by atoms with van der Waals surface area (Å²) < 4.78 is 20.9. The van der Waals surface area contributed by atoms with Crippen molar-refractivity contribution in [2.75, 3.05) is 13.2 Å². The van der Waals surface area contributed by atoms with Crippen LogP contribution in [0.3, 0.4) is 0 Å². The van der Waals surface area contributed by atoms with Gasteiger partial charge >= 0.3 is 12.1 Å². The molecule has 158 valence electrons. The number of hydrogen-bond donors (Lipinski definition) is 1. The van der Waals surface area contributed by atoms with E-state index in [0.29, 0.717) is 25.4 Å². The molecule has 0 spiro atoms. The predicted molar refractivity (Wildman–Crippen MR) is 110 cm³/mol. The number of nitrogens with one attached hydrogen (secondary N) is 1. The van der Waals surface area contributed by atoms with Crippen molar-refractivity contribution in [1.82, 2.24) is 5.32 Å². The Labute approximate surface area is 175 Å². The minimum absolute atomic E-state index is 0. The van der Waals surface area contributed by atoms with Gasteiger partial charge in [-0.15, -0.1) is 0 Å². The Morgan fingerprint density at radius 3 is 1.93 bits per heavy atom. The third kappa shape index (κ3) is 6.17. The van der Waals surface area contributed by atoms with E-state index < -0.39 is 0 Å². The van der Waals surface area contributed by atoms with Crippen LogP contribution in [0.5, 0.6) is 0 Å². The van der Waals surface area contributed by atoms with Crippen molar-refractivity contribution in [3.8, 4) is 0 Å². The first-order valence-corrected chi connectivity index (χ1v) is 9.51. The second kappa shape index (κ2) is 11.4. The molecule has 0 aromatic rings. The van der Waals surface area contributed by atoms with Gasteiger partial charge in [-0.1, -0.05) is 0 Å². The summed E-state index contributed by atoms with van der Waals surface area (Å²) in [6.45, 7) is 4.54. The van der Waals surface area contributed by atoms with Crippen LogP contribution in [0.4, 0.5) is 4.79 Å². The summed E-state index contributed by atoms with van der Waals surface area (Å²) in [6, 6.07) is 0.179. The second-order valence-corrected chi connectivity index (χ2v) is 7.05. The van der Waals surface area contributed by atoms with Crippen molar-refractivity contribution >= 4 is 39.1 Å². The van der Waals surface area contributed by atoms with Gasteiger partial charge in [0.2, 0.25) is 0 Å². The topological polar surface area (TPSA) is 83.1 Å². The molecule has 27 heavy (non-hydrogen) atoms. The molecule has 0 aromatic carbocycles. The van der Waals surface area contributed by atoms with Gasteiger partial charge in [0.25, 0.3) is 0 Å². The van der Waals surface area contributed by atoms with E-state index in [4.69, 9.17) is 18.9 Å². The molecule has 0 aliphatic carbocycles. The third-order valence-corrected chi connectivity index (χ3v) is 5.38. The second-order valence-electron chi connectivity index (χ2n) is 7.05. The molecule has 6 atom stereocenters. The first-order chi connectivity index (χ1) is 12.1. The monoisotopic (exact) mass is 423 g/mol. The van der Waals surface area contributed by atoms with Crippen LogP contribution in [0.2, 0.25) is 0 Å². The van der Waals surface area contributed by atoms with Gasteiger partial charge in [0.15, 0.2) is 0 Å². The van der Waals surface area contributed by atoms with Gasteiger partial charge in [-0.3, -0.25) is 4.79 Å². The number of fused-ring (bicyclic) bond motifs is 4. The highest BCUT2D eigenvalue weighted by Gasteiger charge is 2.45. The van der Waals surface area contributed by atoms with Gasteiger partial charge in [-0.05, 0) is 52.4 Å². The summed E-state index contributed by atoms with van der Waals surface area (Å²) in [7, 11) is 0. The molecule has 1 amide bonds. The normalized spacial score (nSPS) is 34.6. The molecule has 0 aromatic heterocycles. The molecule has 4 saturated heterocycles. The molecule has 0 radical (unpaired) electrons. The SMILES string of the molecule is CCOC(=O)N[C@H]1C[C@@H]2CC[C@H]1O2.CCOC(=O)[C@H]1C[C@@H]2CC[C@H]1O2.S.S. The van der Waals surface area contributed by atoms with E-state index >= 15 is 0 Å². The average Bonchev–Trinajstić information content (AvgIpc) is 3.37. The van der Waals surface area contributed by atoms with Crippen molar-refractivity contribution in [3.05, 3.63) is 0 Å². The fourth-order valence-corrected chi connectivity index (χ4v) is 4.25. The van der Waals surface area contributed by atoms with Gasteiger partial charge in [0.1, 0.15) is 0 Å². The number of esters is 1. The van der Waals surface area contributed by atoms with E-state index in [1.165, 1.54) is 0 Å². The maximum Gasteiger partial charge on any atom is 0.407 e. The Bertz CT molecular complexity index is 494. The van der Waals surface area contributed by atoms with Crippen molar-refractivity contribution < 1.29 is 28.5 Å². The van der Waals surface area contributed by atoms with Crippen LogP contribution in [-0.2, 0) is 23.7 Å². The first-order valence-electron chi connectivity index (χ1n) is 9.51. The smallest absolute Gasteiger partial charge is 0.407 e.